The first-order valence-corrected chi connectivity index (χ1v) is 12.0. The van der Waals surface area contributed by atoms with Gasteiger partial charge in [0, 0.05) is 30.2 Å². The van der Waals surface area contributed by atoms with E-state index >= 15 is 0 Å². The number of hydrogen-bond acceptors (Lipinski definition) is 6. The van der Waals surface area contributed by atoms with Gasteiger partial charge in [0.05, 0.1) is 4.90 Å². The number of rotatable bonds is 6. The average Bonchev–Trinajstić information content (AvgIpc) is 3.11. The van der Waals surface area contributed by atoms with Crippen LogP contribution < -0.4 is 10.0 Å². The van der Waals surface area contributed by atoms with Crippen molar-refractivity contribution in [3.63, 3.8) is 0 Å². The van der Waals surface area contributed by atoms with Gasteiger partial charge in [-0.25, -0.2) is 8.42 Å². The fourth-order valence-electron chi connectivity index (χ4n) is 3.08. The highest BCUT2D eigenvalue weighted by Gasteiger charge is 2.33. The highest BCUT2D eigenvalue weighted by molar-refractivity contribution is 7.92. The number of nitrogens with zero attached hydrogens (tertiary/aromatic N) is 1. The van der Waals surface area contributed by atoms with Crippen LogP contribution in [0.5, 0.6) is 0 Å². The van der Waals surface area contributed by atoms with Crippen molar-refractivity contribution in [3.05, 3.63) is 40.7 Å². The van der Waals surface area contributed by atoms with E-state index in [9.17, 15) is 13.2 Å². The predicted octanol–water partition coefficient (Wildman–Crippen LogP) is 4.19. The lowest BCUT2D eigenvalue weighted by molar-refractivity contribution is 0.0791. The maximum absolute atomic E-state index is 13.0. The van der Waals surface area contributed by atoms with Gasteiger partial charge in [-0.05, 0) is 49.4 Å². The van der Waals surface area contributed by atoms with Crippen molar-refractivity contribution >= 4 is 33.2 Å². The van der Waals surface area contributed by atoms with Gasteiger partial charge >= 0.3 is 0 Å². The largest absolute Gasteiger partial charge is 0.381 e. The molecule has 0 saturated carbocycles. The van der Waals surface area contributed by atoms with Gasteiger partial charge in [-0.3, -0.25) is 9.52 Å². The van der Waals surface area contributed by atoms with Crippen LogP contribution in [0.2, 0.25) is 5.02 Å². The minimum atomic E-state index is -3.99. The molecule has 1 aromatic heterocycles. The van der Waals surface area contributed by atoms with Crippen LogP contribution in [0.1, 0.15) is 62.7 Å². The molecule has 3 rings (SSSR count). The molecule has 1 amide bonds. The van der Waals surface area contributed by atoms with Gasteiger partial charge in [-0.15, -0.1) is 0 Å². The van der Waals surface area contributed by atoms with Crippen molar-refractivity contribution < 1.29 is 22.5 Å². The van der Waals surface area contributed by atoms with Crippen LogP contribution in [-0.2, 0) is 14.8 Å². The zero-order valence-electron chi connectivity index (χ0n) is 18.1. The number of halogens is 1. The van der Waals surface area contributed by atoms with E-state index in [1.54, 1.807) is 0 Å². The zero-order valence-corrected chi connectivity index (χ0v) is 19.6. The molecule has 0 radical (unpaired) electrons. The van der Waals surface area contributed by atoms with Crippen molar-refractivity contribution in [3.8, 4) is 0 Å². The number of sulfonamides is 1. The summed E-state index contributed by atoms with van der Waals surface area (Å²) in [6, 6.07) is 5.59. The molecule has 1 fully saturated rings. The first-order valence-electron chi connectivity index (χ1n) is 10.2. The van der Waals surface area contributed by atoms with Crippen LogP contribution in [0.25, 0.3) is 0 Å². The number of carbonyl (C=O) groups excluding carboxylic acids is 1. The molecule has 2 N–H and O–H groups in total. The van der Waals surface area contributed by atoms with Crippen molar-refractivity contribution in [1.82, 2.24) is 10.5 Å². The summed E-state index contributed by atoms with van der Waals surface area (Å²) >= 11 is 5.88. The Hall–Kier alpha value is -2.10. The van der Waals surface area contributed by atoms with Crippen LogP contribution in [0, 0.1) is 5.41 Å². The first-order chi connectivity index (χ1) is 14.5. The lowest BCUT2D eigenvalue weighted by Crippen LogP contribution is -2.41. The molecule has 170 valence electrons. The number of ether oxygens (including phenoxy) is 1. The predicted molar refractivity (Wildman–Crippen MR) is 118 cm³/mol. The lowest BCUT2D eigenvalue weighted by Gasteiger charge is -2.27. The second-order valence-corrected chi connectivity index (χ2v) is 10.9. The molecule has 0 bridgehead atoms. The third-order valence-electron chi connectivity index (χ3n) is 5.53. The zero-order chi connectivity index (χ0) is 22.8. The summed E-state index contributed by atoms with van der Waals surface area (Å²) in [6.07, 6.45) is 1.29. The molecule has 31 heavy (non-hydrogen) atoms. The Morgan fingerprint density at radius 2 is 1.81 bits per heavy atom. The molecular weight excluding hydrogens is 442 g/mol. The van der Waals surface area contributed by atoms with Gasteiger partial charge < -0.3 is 14.6 Å². The van der Waals surface area contributed by atoms with E-state index in [4.69, 9.17) is 20.9 Å². The van der Waals surface area contributed by atoms with E-state index in [0.717, 1.165) is 0 Å². The molecule has 1 aromatic carbocycles. The Balaban J connectivity index is 1.97. The number of carbonyl (C=O) groups is 1. The Morgan fingerprint density at radius 1 is 1.19 bits per heavy atom. The van der Waals surface area contributed by atoms with Crippen LogP contribution in [0.15, 0.2) is 33.7 Å². The summed E-state index contributed by atoms with van der Waals surface area (Å²) in [4.78, 5) is 13.0. The van der Waals surface area contributed by atoms with Crippen LogP contribution in [-0.4, -0.2) is 38.7 Å². The topological polar surface area (TPSA) is 111 Å². The van der Waals surface area contributed by atoms with Gasteiger partial charge in [-0.2, -0.15) is 0 Å². The summed E-state index contributed by atoms with van der Waals surface area (Å²) in [5, 5.41) is 7.25. The second kappa shape index (κ2) is 9.18. The summed E-state index contributed by atoms with van der Waals surface area (Å²) in [7, 11) is -3.99. The molecular formula is C21H28ClN3O5S. The standard InChI is InChI=1S/C21H28ClN3O5S/c1-13(21(2,3)4)23-20(26)18-17(19(30-24-18)14-9-11-29-12-10-14)25-31(27,28)16-7-5-15(22)6-8-16/h5-8,13-14,25H,9-12H2,1-4H3,(H,23,26)/t13-/m0/s1. The average molecular weight is 470 g/mol. The minimum Gasteiger partial charge on any atom is -0.381 e. The highest BCUT2D eigenvalue weighted by Crippen LogP contribution is 2.36. The fraction of sp³-hybridized carbons (Fsp3) is 0.524. The van der Waals surface area contributed by atoms with Crippen molar-refractivity contribution in [1.29, 1.82) is 0 Å². The summed E-state index contributed by atoms with van der Waals surface area (Å²) in [6.45, 7) is 8.93. The van der Waals surface area contributed by atoms with Gasteiger partial charge in [0.15, 0.2) is 11.5 Å². The molecule has 0 unspecified atom stereocenters. The lowest BCUT2D eigenvalue weighted by atomic mass is 9.88. The third-order valence-corrected chi connectivity index (χ3v) is 7.15. The third kappa shape index (κ3) is 5.58. The molecule has 8 nitrogen and oxygen atoms in total. The van der Waals surface area contributed by atoms with Gasteiger partial charge in [0.25, 0.3) is 15.9 Å². The van der Waals surface area contributed by atoms with Crippen LogP contribution in [0.4, 0.5) is 5.69 Å². The molecule has 0 spiro atoms. The smallest absolute Gasteiger partial charge is 0.275 e. The van der Waals surface area contributed by atoms with E-state index in [0.29, 0.717) is 36.8 Å². The molecule has 0 aliphatic carbocycles. The Labute approximate surface area is 187 Å². The number of aromatic nitrogens is 1. The molecule has 1 atom stereocenters. The quantitative estimate of drug-likeness (QED) is 0.656. The summed E-state index contributed by atoms with van der Waals surface area (Å²) < 4.78 is 39.5. The fourth-order valence-corrected chi connectivity index (χ4v) is 4.29. The SMILES string of the molecule is C[C@H](NC(=O)c1noc(C2CCOCC2)c1NS(=O)(=O)c1ccc(Cl)cc1)C(C)(C)C. The monoisotopic (exact) mass is 469 g/mol. The molecule has 1 aliphatic rings. The van der Waals surface area contributed by atoms with E-state index in [2.05, 4.69) is 15.2 Å². The molecule has 2 aromatic rings. The number of amides is 1. The molecule has 2 heterocycles. The molecule has 10 heteroatoms. The highest BCUT2D eigenvalue weighted by atomic mass is 35.5. The number of nitrogens with one attached hydrogen (secondary N) is 2. The van der Waals surface area contributed by atoms with Gasteiger partial charge in [0.1, 0.15) is 5.69 Å². The normalized spacial score (nSPS) is 16.7. The maximum atomic E-state index is 13.0. The first kappa shape index (κ1) is 23.6. The Kier molecular flexibility index (Phi) is 6.98. The van der Waals surface area contributed by atoms with Gasteiger partial charge in [-0.1, -0.05) is 37.5 Å². The van der Waals surface area contributed by atoms with Crippen molar-refractivity contribution in [2.45, 2.75) is 57.4 Å². The summed E-state index contributed by atoms with van der Waals surface area (Å²) in [5.74, 6) is -0.265. The van der Waals surface area contributed by atoms with Gasteiger partial charge in [0.2, 0.25) is 0 Å². The van der Waals surface area contributed by atoms with Crippen LogP contribution in [0.3, 0.4) is 0 Å². The minimum absolute atomic E-state index is 0.0189. The van der Waals surface area contributed by atoms with Crippen molar-refractivity contribution in [2.75, 3.05) is 17.9 Å². The van der Waals surface area contributed by atoms with E-state index in [-0.39, 0.29) is 33.7 Å². The number of benzene rings is 1. The van der Waals surface area contributed by atoms with Crippen LogP contribution >= 0.6 is 11.6 Å². The van der Waals surface area contributed by atoms with E-state index < -0.39 is 15.9 Å². The molecule has 1 saturated heterocycles. The second-order valence-electron chi connectivity index (χ2n) is 8.78. The Bertz CT molecular complexity index is 1020. The Morgan fingerprint density at radius 3 is 2.39 bits per heavy atom. The van der Waals surface area contributed by atoms with Crippen molar-refractivity contribution in [2.24, 2.45) is 5.41 Å². The maximum Gasteiger partial charge on any atom is 0.275 e. The summed E-state index contributed by atoms with van der Waals surface area (Å²) in [5.41, 5.74) is -0.207. The molecule has 1 aliphatic heterocycles. The number of anilines is 1. The van der Waals surface area contributed by atoms with E-state index in [1.165, 1.54) is 24.3 Å². The number of hydrogen-bond donors (Lipinski definition) is 2. The van der Waals surface area contributed by atoms with E-state index in [1.807, 2.05) is 27.7 Å².